The molecule has 10 rings (SSSR count). The first-order valence-corrected chi connectivity index (χ1v) is 54.7. The Balaban J connectivity index is 0.000000253. The van der Waals surface area contributed by atoms with Crippen LogP contribution in [0.1, 0.15) is 118 Å². The van der Waals surface area contributed by atoms with Crippen molar-refractivity contribution in [2.45, 2.75) is 248 Å². The van der Waals surface area contributed by atoms with Crippen LogP contribution >= 0.6 is 0 Å². The third-order valence-electron chi connectivity index (χ3n) is 20.4. The molecule has 4 aromatic heterocycles. The van der Waals surface area contributed by atoms with Crippen molar-refractivity contribution in [2.75, 3.05) is 39.6 Å². The second-order valence-corrected chi connectivity index (χ2v) is 63.8. The molecule has 3 N–H and O–H groups in total. The topological polar surface area (TPSA) is 170 Å². The van der Waals surface area contributed by atoms with Crippen LogP contribution in [-0.4, -0.2) is 138 Å². The van der Waals surface area contributed by atoms with Gasteiger partial charge in [0.1, 0.15) is 38.3 Å². The molecule has 562 valence electrons. The maximum Gasteiger partial charge on any atom is 0.261 e. The molecule has 4 heterocycles. The number of ether oxygens (including phenoxy) is 4. The van der Waals surface area contributed by atoms with E-state index in [-0.39, 0.29) is 46.4 Å². The molecule has 103 heavy (non-hydrogen) atoms. The van der Waals surface area contributed by atoms with E-state index in [1.165, 1.54) is 32.9 Å². The van der Waals surface area contributed by atoms with E-state index >= 15 is 0 Å². The number of nitrogens with zero attached hydrogens (tertiary/aromatic N) is 6. The molecule has 0 aliphatic heterocycles. The van der Waals surface area contributed by atoms with E-state index < -0.39 is 40.6 Å². The number of amides is 2. The number of fused-ring (bicyclic) bond motifs is 4. The molecular weight excluding hydrogens is 1370 g/mol. The van der Waals surface area contributed by atoms with E-state index in [4.69, 9.17) is 33.6 Å². The highest BCUT2D eigenvalue weighted by Gasteiger charge is 2.50. The Labute approximate surface area is 621 Å². The average molecular weight is 1490 g/mol. The van der Waals surface area contributed by atoms with E-state index in [1.807, 2.05) is 37.3 Å². The van der Waals surface area contributed by atoms with Crippen LogP contribution in [0.3, 0.4) is 0 Å². The molecule has 0 bridgehead atoms. The van der Waals surface area contributed by atoms with Crippen molar-refractivity contribution in [3.8, 4) is 22.8 Å². The van der Waals surface area contributed by atoms with Gasteiger partial charge < -0.3 is 48.2 Å². The van der Waals surface area contributed by atoms with Gasteiger partial charge in [0.15, 0.2) is 0 Å². The van der Waals surface area contributed by atoms with E-state index in [0.717, 1.165) is 120 Å². The normalized spacial score (nSPS) is 15.6. The number of carbonyl (C=O) groups excluding carboxylic acids is 2. The average Bonchev–Trinajstić information content (AvgIpc) is 1.67. The maximum absolute atomic E-state index is 14.1. The van der Waals surface area contributed by atoms with Crippen LogP contribution in [0.4, 0.5) is 0 Å². The molecule has 0 radical (unpaired) electrons. The zero-order valence-electron chi connectivity index (χ0n) is 66.7. The first kappa shape index (κ1) is 81.2. The van der Waals surface area contributed by atoms with Crippen LogP contribution in [0.5, 0.6) is 0 Å². The van der Waals surface area contributed by atoms with Gasteiger partial charge in [-0.3, -0.25) is 9.59 Å². The second-order valence-electron chi connectivity index (χ2n) is 37.0. The summed E-state index contributed by atoms with van der Waals surface area (Å²) in [6.45, 7) is 53.5. The number of benzene rings is 4. The second kappa shape index (κ2) is 33.5. The lowest BCUT2D eigenvalue weighted by Gasteiger charge is -2.43. The summed E-state index contributed by atoms with van der Waals surface area (Å²) in [4.78, 5) is 27.1. The summed E-state index contributed by atoms with van der Waals surface area (Å²) in [5.74, 6) is -0.319. The highest BCUT2D eigenvalue weighted by molar-refractivity contribution is 6.99. The summed E-state index contributed by atoms with van der Waals surface area (Å²) >= 11 is 0. The van der Waals surface area contributed by atoms with E-state index in [2.05, 4.69) is 235 Å². The molecule has 16 nitrogen and oxygen atoms in total. The van der Waals surface area contributed by atoms with Gasteiger partial charge in [0.25, 0.3) is 20.1 Å². The fourth-order valence-corrected chi connectivity index (χ4v) is 21.6. The molecule has 2 amide bonds. The molecule has 0 saturated carbocycles. The fourth-order valence-electron chi connectivity index (χ4n) is 13.9. The van der Waals surface area contributed by atoms with Crippen molar-refractivity contribution >= 4 is 84.6 Å². The fraction of sp³-hybridized carbons (Fsp3) is 0.561. The van der Waals surface area contributed by atoms with Gasteiger partial charge >= 0.3 is 0 Å². The summed E-state index contributed by atoms with van der Waals surface area (Å²) in [6.07, 6.45) is 6.07. The summed E-state index contributed by atoms with van der Waals surface area (Å²) in [5, 5.41) is 30.5. The van der Waals surface area contributed by atoms with Crippen molar-refractivity contribution in [3.63, 3.8) is 0 Å². The van der Waals surface area contributed by atoms with Crippen LogP contribution < -0.4 is 21.0 Å². The predicted octanol–water partition coefficient (Wildman–Crippen LogP) is 17.1. The highest BCUT2D eigenvalue weighted by Crippen LogP contribution is 2.43. The van der Waals surface area contributed by atoms with Crippen LogP contribution in [0, 0.1) is 10.8 Å². The third kappa shape index (κ3) is 21.5. The molecule has 8 aromatic rings. The molecule has 0 saturated heterocycles. The van der Waals surface area contributed by atoms with E-state index in [9.17, 15) is 14.7 Å². The lowest BCUT2D eigenvalue weighted by molar-refractivity contribution is 0.0746. The van der Waals surface area contributed by atoms with Crippen LogP contribution in [0.2, 0.25) is 108 Å². The molecule has 2 unspecified atom stereocenters. The summed E-state index contributed by atoms with van der Waals surface area (Å²) in [7, 11) is -7.71. The molecular formula is C82H126N8O8Si5. The summed E-state index contributed by atoms with van der Waals surface area (Å²) in [5.41, 5.74) is 12.7. The van der Waals surface area contributed by atoms with Gasteiger partial charge in [-0.2, -0.15) is 10.2 Å². The third-order valence-corrected chi connectivity index (χ3v) is 32.2. The summed E-state index contributed by atoms with van der Waals surface area (Å²) < 4.78 is 41.1. The van der Waals surface area contributed by atoms with Crippen molar-refractivity contribution in [3.05, 3.63) is 143 Å². The van der Waals surface area contributed by atoms with Crippen LogP contribution in [-0.2, 0) is 76.0 Å². The van der Waals surface area contributed by atoms with Gasteiger partial charge in [-0.1, -0.05) is 200 Å². The van der Waals surface area contributed by atoms with E-state index in [0.29, 0.717) is 57.9 Å². The minimum Gasteiger partial charge on any atom is -0.405 e. The molecule has 0 spiro atoms. The number of nitrogens with one attached hydrogen (secondary N) is 2. The van der Waals surface area contributed by atoms with E-state index in [1.54, 1.807) is 6.92 Å². The van der Waals surface area contributed by atoms with Gasteiger partial charge in [0.2, 0.25) is 0 Å². The zero-order valence-corrected chi connectivity index (χ0v) is 71.7. The van der Waals surface area contributed by atoms with Gasteiger partial charge in [-0.25, -0.2) is 9.36 Å². The monoisotopic (exact) mass is 1490 g/mol. The zero-order chi connectivity index (χ0) is 75.1. The Hall–Kier alpha value is -5.84. The number of aliphatic hydroxyl groups excluding tert-OH is 1. The van der Waals surface area contributed by atoms with Gasteiger partial charge in [0, 0.05) is 115 Å². The first-order valence-electron chi connectivity index (χ1n) is 38.0. The number of rotatable bonds is 32. The number of carbonyl (C=O) groups is 2. The van der Waals surface area contributed by atoms with Gasteiger partial charge in [0.05, 0.1) is 35.6 Å². The predicted molar refractivity (Wildman–Crippen MR) is 439 cm³/mol. The lowest BCUT2D eigenvalue weighted by Crippen LogP contribution is -2.67. The smallest absolute Gasteiger partial charge is 0.261 e. The Morgan fingerprint density at radius 1 is 0.515 bits per heavy atom. The largest absolute Gasteiger partial charge is 0.405 e. The SMILES string of the molecule is CC(CO)NC(=O)c1ccc2cc(-c3nn(COCC[Si](C)(C)C)c4c3CCC(C)(C)C4)n(COCC[Si](C)(C)C)c2c1.CC(CO[Si](c1ccccc1)(c1ccccc1)C(C)(C)C)NC(=O)c1ccc2cc(-c3nn(COCC[Si](C)(C)C)c4c3CCC(C)(C)C4)n(COCC[Si](C)(C)C)c2c1. The molecule has 4 aromatic carbocycles. The Morgan fingerprint density at radius 2 is 0.874 bits per heavy atom. The minimum absolute atomic E-state index is 0.105. The van der Waals surface area contributed by atoms with Crippen LogP contribution in [0.15, 0.2) is 109 Å². The van der Waals surface area contributed by atoms with Crippen molar-refractivity contribution in [2.24, 2.45) is 10.8 Å². The van der Waals surface area contributed by atoms with Gasteiger partial charge in [-0.05, 0) is 139 Å². The van der Waals surface area contributed by atoms with Crippen molar-refractivity contribution < 1.29 is 38.1 Å². The molecule has 2 aliphatic rings. The number of aliphatic hydroxyl groups is 1. The minimum atomic E-state index is -2.76. The Bertz CT molecular complexity index is 4100. The lowest BCUT2D eigenvalue weighted by atomic mass is 9.76. The Kier molecular flexibility index (Phi) is 26.4. The highest BCUT2D eigenvalue weighted by atomic mass is 28.4. The molecule has 2 atom stereocenters. The first-order chi connectivity index (χ1) is 48.2. The maximum atomic E-state index is 14.1. The Morgan fingerprint density at radius 3 is 1.22 bits per heavy atom. The number of hydrogen-bond donors (Lipinski definition) is 3. The number of aromatic nitrogens is 6. The van der Waals surface area contributed by atoms with Crippen molar-refractivity contribution in [1.82, 2.24) is 39.3 Å². The van der Waals surface area contributed by atoms with Gasteiger partial charge in [-0.15, -0.1) is 0 Å². The summed E-state index contributed by atoms with van der Waals surface area (Å²) in [6, 6.07) is 41.4. The molecule has 0 fully saturated rings. The van der Waals surface area contributed by atoms with Crippen LogP contribution in [0.25, 0.3) is 44.6 Å². The molecule has 2 aliphatic carbocycles. The number of hydrogen-bond acceptors (Lipinski definition) is 10. The quantitative estimate of drug-likeness (QED) is 0.0272. The standard InChI is InChI=1S/C49H72N4O4Si3.C33H54N4O4Si2/c1-37(34-57-60(48(2,3)4,40-19-15-13-16-20-40)41-21-17-14-18-22-41)50-47(54)39-24-23-38-31-44(52(43(38)32-39)35-55-27-29-58(7,8)9)46-42-25-26-49(5,6)33-45(42)53(51-46)36-56-28-30-59(10,11)12;1-24(21-38)34-32(39)26-11-10-25-18-29(36(28(25)19-26)22-40-14-16-42(4,5)6)31-27-12-13-33(2,3)20-30(27)37(35-31)23-41-15-17-43(7,8)9/h13-24,31-32,37H,25-30,33-36H2,1-12H3,(H,50,54);10-11,18-19,24,38H,12-17,20-23H2,1-9H3,(H,34,39). The molecule has 21 heteroatoms. The van der Waals surface area contributed by atoms with Crippen molar-refractivity contribution in [1.29, 1.82) is 0 Å².